The van der Waals surface area contributed by atoms with Gasteiger partial charge >= 0.3 is 0 Å². The molecule has 0 spiro atoms. The van der Waals surface area contributed by atoms with Crippen LogP contribution < -0.4 is 9.47 Å². The number of benzene rings is 2. The van der Waals surface area contributed by atoms with Crippen molar-refractivity contribution in [1.82, 2.24) is 9.80 Å². The van der Waals surface area contributed by atoms with Gasteiger partial charge in [-0.25, -0.2) is 0 Å². The van der Waals surface area contributed by atoms with Gasteiger partial charge in [-0.2, -0.15) is 0 Å². The van der Waals surface area contributed by atoms with Crippen molar-refractivity contribution in [3.63, 3.8) is 0 Å². The molecule has 7 heteroatoms. The Kier molecular flexibility index (Phi) is 8.49. The molecule has 1 aliphatic heterocycles. The molecule has 1 atom stereocenters. The van der Waals surface area contributed by atoms with Gasteiger partial charge < -0.3 is 24.4 Å². The lowest BCUT2D eigenvalue weighted by Gasteiger charge is -2.26. The molecule has 1 heterocycles. The van der Waals surface area contributed by atoms with Crippen LogP contribution in [0.4, 0.5) is 0 Å². The van der Waals surface area contributed by atoms with E-state index in [1.165, 1.54) is 4.90 Å². The second kappa shape index (κ2) is 11.5. The Morgan fingerprint density at radius 2 is 1.82 bits per heavy atom. The number of aliphatic hydroxyl groups excluding tert-OH is 1. The van der Waals surface area contributed by atoms with Crippen LogP contribution in [0, 0.1) is 0 Å². The molecule has 1 unspecified atom stereocenters. The number of likely N-dealkylation sites (tertiary alicyclic amines) is 1. The highest BCUT2D eigenvalue weighted by atomic mass is 16.5. The van der Waals surface area contributed by atoms with Crippen molar-refractivity contribution in [3.8, 4) is 11.5 Å². The van der Waals surface area contributed by atoms with E-state index in [-0.39, 0.29) is 11.3 Å². The molecule has 0 bridgehead atoms. The Hall–Kier alpha value is -3.58. The van der Waals surface area contributed by atoms with E-state index in [4.69, 9.17) is 9.47 Å². The van der Waals surface area contributed by atoms with E-state index in [1.54, 1.807) is 42.5 Å². The lowest BCUT2D eigenvalue weighted by molar-refractivity contribution is -0.139. The Labute approximate surface area is 200 Å². The number of ketones is 1. The van der Waals surface area contributed by atoms with Crippen molar-refractivity contribution in [1.29, 1.82) is 0 Å². The summed E-state index contributed by atoms with van der Waals surface area (Å²) in [6.07, 6.45) is 2.33. The van der Waals surface area contributed by atoms with Crippen molar-refractivity contribution in [2.24, 2.45) is 0 Å². The summed E-state index contributed by atoms with van der Waals surface area (Å²) < 4.78 is 11.2. The Morgan fingerprint density at radius 3 is 2.50 bits per heavy atom. The van der Waals surface area contributed by atoms with E-state index in [2.05, 4.69) is 6.58 Å². The number of rotatable bonds is 11. The van der Waals surface area contributed by atoms with Crippen LogP contribution in [0.5, 0.6) is 11.5 Å². The van der Waals surface area contributed by atoms with Crippen molar-refractivity contribution >= 4 is 17.4 Å². The van der Waals surface area contributed by atoms with Gasteiger partial charge in [-0.3, -0.25) is 9.59 Å². The highest BCUT2D eigenvalue weighted by Crippen LogP contribution is 2.40. The van der Waals surface area contributed by atoms with E-state index < -0.39 is 17.7 Å². The van der Waals surface area contributed by atoms with Crippen LogP contribution in [0.1, 0.15) is 30.5 Å². The monoisotopic (exact) mass is 464 g/mol. The van der Waals surface area contributed by atoms with Gasteiger partial charge in [0.05, 0.1) is 18.2 Å². The van der Waals surface area contributed by atoms with Gasteiger partial charge in [0.15, 0.2) is 0 Å². The van der Waals surface area contributed by atoms with Gasteiger partial charge in [0, 0.05) is 12.1 Å². The molecular weight excluding hydrogens is 432 g/mol. The fraction of sp³-hybridized carbons (Fsp3) is 0.333. The summed E-state index contributed by atoms with van der Waals surface area (Å²) in [5.74, 6) is -0.384. The van der Waals surface area contributed by atoms with Gasteiger partial charge in [0.2, 0.25) is 0 Å². The van der Waals surface area contributed by atoms with E-state index in [0.717, 1.165) is 6.54 Å². The van der Waals surface area contributed by atoms with Crippen molar-refractivity contribution in [2.45, 2.75) is 19.4 Å². The SMILES string of the molecule is C=CCOc1cccc(C2/C(=C(\O)c3cccc(OCC)c3)C(=O)C(=O)N2CCCN(C)C)c1. The highest BCUT2D eigenvalue weighted by Gasteiger charge is 2.45. The number of aliphatic hydroxyl groups is 1. The van der Waals surface area contributed by atoms with Gasteiger partial charge in [-0.05, 0) is 63.8 Å². The van der Waals surface area contributed by atoms with Crippen LogP contribution in [-0.4, -0.2) is 67.0 Å². The summed E-state index contributed by atoms with van der Waals surface area (Å²) in [5.41, 5.74) is 1.17. The number of carbonyl (C=O) groups excluding carboxylic acids is 2. The molecule has 180 valence electrons. The third kappa shape index (κ3) is 5.66. The molecule has 2 aromatic rings. The van der Waals surface area contributed by atoms with Gasteiger partial charge in [-0.15, -0.1) is 0 Å². The highest BCUT2D eigenvalue weighted by molar-refractivity contribution is 6.46. The van der Waals surface area contributed by atoms with Crippen molar-refractivity contribution in [2.75, 3.05) is 40.4 Å². The van der Waals surface area contributed by atoms with Crippen LogP contribution in [0.25, 0.3) is 5.76 Å². The third-order valence-electron chi connectivity index (χ3n) is 5.50. The topological polar surface area (TPSA) is 79.3 Å². The normalized spacial score (nSPS) is 17.3. The number of ether oxygens (including phenoxy) is 2. The Balaban J connectivity index is 2.09. The first-order chi connectivity index (χ1) is 16.4. The van der Waals surface area contributed by atoms with Crippen LogP contribution in [0.3, 0.4) is 0 Å². The zero-order valence-electron chi connectivity index (χ0n) is 20.0. The fourth-order valence-corrected chi connectivity index (χ4v) is 4.00. The molecule has 1 amide bonds. The minimum atomic E-state index is -0.731. The quantitative estimate of drug-likeness (QED) is 0.234. The molecule has 34 heavy (non-hydrogen) atoms. The maximum absolute atomic E-state index is 13.2. The smallest absolute Gasteiger partial charge is 0.295 e. The fourth-order valence-electron chi connectivity index (χ4n) is 4.00. The first-order valence-electron chi connectivity index (χ1n) is 11.4. The summed E-state index contributed by atoms with van der Waals surface area (Å²) in [5, 5.41) is 11.2. The molecule has 1 saturated heterocycles. The van der Waals surface area contributed by atoms with Crippen molar-refractivity contribution < 1.29 is 24.2 Å². The molecule has 2 aromatic carbocycles. The average Bonchev–Trinajstić information content (AvgIpc) is 3.07. The number of Topliss-reactive ketones (excluding diaryl/α,β-unsaturated/α-hetero) is 1. The lowest BCUT2D eigenvalue weighted by Crippen LogP contribution is -2.32. The minimum absolute atomic E-state index is 0.0596. The van der Waals surface area contributed by atoms with Crippen LogP contribution in [-0.2, 0) is 9.59 Å². The first-order valence-corrected chi connectivity index (χ1v) is 11.4. The minimum Gasteiger partial charge on any atom is -0.507 e. The lowest BCUT2D eigenvalue weighted by atomic mass is 9.95. The molecule has 0 saturated carbocycles. The first kappa shape index (κ1) is 25.1. The molecule has 0 radical (unpaired) electrons. The molecule has 1 N–H and O–H groups in total. The average molecular weight is 465 g/mol. The molecule has 7 nitrogen and oxygen atoms in total. The zero-order valence-corrected chi connectivity index (χ0v) is 20.0. The van der Waals surface area contributed by atoms with E-state index >= 15 is 0 Å². The summed E-state index contributed by atoms with van der Waals surface area (Å²) in [6.45, 7) is 7.47. The van der Waals surface area contributed by atoms with Gasteiger partial charge in [-0.1, -0.05) is 36.9 Å². The van der Waals surface area contributed by atoms with Gasteiger partial charge in [0.1, 0.15) is 23.9 Å². The number of nitrogens with zero attached hydrogens (tertiary/aromatic N) is 2. The number of hydrogen-bond donors (Lipinski definition) is 1. The maximum Gasteiger partial charge on any atom is 0.295 e. The number of carbonyl (C=O) groups is 2. The molecule has 0 aliphatic carbocycles. The maximum atomic E-state index is 13.2. The second-order valence-electron chi connectivity index (χ2n) is 8.28. The molecular formula is C27H32N2O5. The Bertz CT molecular complexity index is 1080. The standard InChI is InChI=1S/C27H32N2O5/c1-5-16-34-22-13-7-10-19(17-22)24-23(25(30)20-11-8-12-21(18-20)33-6-2)26(31)27(32)29(24)15-9-14-28(3)4/h5,7-8,10-13,17-18,24,30H,1,6,9,14-16H2,2-4H3/b25-23+. The molecule has 0 aromatic heterocycles. The molecule has 1 fully saturated rings. The van der Waals surface area contributed by atoms with E-state index in [1.807, 2.05) is 38.1 Å². The van der Waals surface area contributed by atoms with Gasteiger partial charge in [0.25, 0.3) is 11.7 Å². The summed E-state index contributed by atoms with van der Waals surface area (Å²) in [6, 6.07) is 13.4. The summed E-state index contributed by atoms with van der Waals surface area (Å²) >= 11 is 0. The van der Waals surface area contributed by atoms with Crippen LogP contribution >= 0.6 is 0 Å². The van der Waals surface area contributed by atoms with E-state index in [9.17, 15) is 14.7 Å². The zero-order chi connectivity index (χ0) is 24.7. The Morgan fingerprint density at radius 1 is 1.12 bits per heavy atom. The number of hydrogen-bond acceptors (Lipinski definition) is 6. The second-order valence-corrected chi connectivity index (χ2v) is 8.28. The number of amides is 1. The van der Waals surface area contributed by atoms with Crippen LogP contribution in [0.2, 0.25) is 0 Å². The van der Waals surface area contributed by atoms with Crippen LogP contribution in [0.15, 0.2) is 66.8 Å². The third-order valence-corrected chi connectivity index (χ3v) is 5.50. The van der Waals surface area contributed by atoms with E-state index in [0.29, 0.717) is 48.8 Å². The molecule has 3 rings (SSSR count). The summed E-state index contributed by atoms with van der Waals surface area (Å²) in [7, 11) is 3.91. The predicted octanol–water partition coefficient (Wildman–Crippen LogP) is 4.02. The molecule has 1 aliphatic rings. The summed E-state index contributed by atoms with van der Waals surface area (Å²) in [4.78, 5) is 29.8. The largest absolute Gasteiger partial charge is 0.507 e. The predicted molar refractivity (Wildman–Crippen MR) is 132 cm³/mol. The van der Waals surface area contributed by atoms with Crippen molar-refractivity contribution in [3.05, 3.63) is 77.9 Å².